The van der Waals surface area contributed by atoms with E-state index in [4.69, 9.17) is 23.7 Å². The number of hydrogen-bond acceptors (Lipinski definition) is 10. The fourth-order valence-corrected chi connectivity index (χ4v) is 4.13. The van der Waals surface area contributed by atoms with E-state index in [9.17, 15) is 19.7 Å². The predicted molar refractivity (Wildman–Crippen MR) is 142 cm³/mol. The fraction of sp³-hybridized carbons (Fsp3) is 0.357. The number of nitro benzene ring substituents is 1. The monoisotopic (exact) mass is 540 g/mol. The highest BCUT2D eigenvalue weighted by Gasteiger charge is 2.40. The number of allylic oxidation sites excluding steroid dienone is 2. The summed E-state index contributed by atoms with van der Waals surface area (Å²) >= 11 is 0. The largest absolute Gasteiger partial charge is 0.513 e. The lowest BCUT2D eigenvalue weighted by molar-refractivity contribution is -0.384. The van der Waals surface area contributed by atoms with Gasteiger partial charge in [-0.2, -0.15) is 0 Å². The zero-order valence-electron chi connectivity index (χ0n) is 22.9. The topological polar surface area (TPSA) is 127 Å². The Labute approximate surface area is 226 Å². The molecule has 0 atom stereocenters. The van der Waals surface area contributed by atoms with Crippen molar-refractivity contribution < 1.29 is 38.2 Å². The summed E-state index contributed by atoms with van der Waals surface area (Å²) in [6, 6.07) is 12.9. The molecule has 208 valence electrons. The number of ether oxygens (including phenoxy) is 5. The van der Waals surface area contributed by atoms with Crippen molar-refractivity contribution in [1.29, 1.82) is 0 Å². The summed E-state index contributed by atoms with van der Waals surface area (Å²) in [5, 5.41) is 11.6. The van der Waals surface area contributed by atoms with E-state index in [2.05, 4.69) is 0 Å². The average Bonchev–Trinajstić information content (AvgIpc) is 2.86. The molecule has 0 saturated heterocycles. The molecule has 0 saturated carbocycles. The molecule has 2 aromatic carbocycles. The lowest BCUT2D eigenvalue weighted by Gasteiger charge is -2.37. The van der Waals surface area contributed by atoms with Crippen molar-refractivity contribution >= 4 is 23.7 Å². The summed E-state index contributed by atoms with van der Waals surface area (Å²) in [6.45, 7) is 10.1. The van der Waals surface area contributed by atoms with Gasteiger partial charge < -0.3 is 28.6 Å². The average molecular weight is 541 g/mol. The second-order valence-electron chi connectivity index (χ2n) is 9.26. The van der Waals surface area contributed by atoms with Crippen molar-refractivity contribution in [2.75, 3.05) is 12.0 Å². The van der Waals surface area contributed by atoms with Crippen LogP contribution in [0.15, 0.2) is 71.4 Å². The van der Waals surface area contributed by atoms with Gasteiger partial charge in [0, 0.05) is 17.8 Å². The number of nitrogens with zero attached hydrogens (tertiary/aromatic N) is 2. The third-order valence-electron chi connectivity index (χ3n) is 5.70. The van der Waals surface area contributed by atoms with E-state index in [-0.39, 0.29) is 17.2 Å². The molecule has 0 bridgehead atoms. The smallest absolute Gasteiger partial charge is 0.497 e. The molecule has 0 radical (unpaired) electrons. The van der Waals surface area contributed by atoms with Crippen LogP contribution in [0.1, 0.15) is 53.0 Å². The summed E-state index contributed by atoms with van der Waals surface area (Å²) in [4.78, 5) is 38.2. The molecule has 1 heterocycles. The van der Waals surface area contributed by atoms with Crippen molar-refractivity contribution in [3.05, 3.63) is 87.1 Å². The third-order valence-corrected chi connectivity index (χ3v) is 5.70. The van der Waals surface area contributed by atoms with Gasteiger partial charge in [0.15, 0.2) is 0 Å². The van der Waals surface area contributed by atoms with E-state index in [1.165, 1.54) is 18.2 Å². The second kappa shape index (κ2) is 12.3. The van der Waals surface area contributed by atoms with E-state index in [1.807, 2.05) is 0 Å². The minimum absolute atomic E-state index is 0.0647. The summed E-state index contributed by atoms with van der Waals surface area (Å²) in [7, 11) is 1.55. The van der Waals surface area contributed by atoms with Gasteiger partial charge in [0.1, 0.15) is 23.2 Å². The number of nitro groups is 1. The SMILES string of the molecule is COc1ccc(N2C(C)=C(OC(=O)OC(C)C)C(c3cccc([N+](=O)[O-])c3)C(OC(=O)OC(C)C)=C2C)cc1. The Morgan fingerprint density at radius 3 is 1.82 bits per heavy atom. The Morgan fingerprint density at radius 2 is 1.38 bits per heavy atom. The molecule has 0 aromatic heterocycles. The summed E-state index contributed by atoms with van der Waals surface area (Å²) in [5.41, 5.74) is 1.77. The highest BCUT2D eigenvalue weighted by atomic mass is 16.7. The first-order chi connectivity index (χ1) is 18.4. The van der Waals surface area contributed by atoms with E-state index in [1.54, 1.807) is 83.9 Å². The number of hydrogen-bond donors (Lipinski definition) is 0. The molecule has 0 amide bonds. The quantitative estimate of drug-likeness (QED) is 0.200. The molecule has 0 spiro atoms. The van der Waals surface area contributed by atoms with Crippen molar-refractivity contribution in [2.45, 2.75) is 59.7 Å². The van der Waals surface area contributed by atoms with Crippen LogP contribution in [0, 0.1) is 10.1 Å². The Morgan fingerprint density at radius 1 is 0.872 bits per heavy atom. The molecule has 0 N–H and O–H groups in total. The number of non-ortho nitro benzene ring substituents is 1. The standard InChI is InChI=1S/C28H32N2O9/c1-16(2)36-27(31)38-25-18(5)29(21-11-13-23(35-7)14-12-21)19(6)26(39-28(32)37-17(3)4)24(25)20-9-8-10-22(15-20)30(33)34/h8-17,24H,1-7H3. The number of anilines is 1. The Balaban J connectivity index is 2.26. The third kappa shape index (κ3) is 6.86. The molecule has 1 aliphatic heterocycles. The number of rotatable bonds is 8. The lowest BCUT2D eigenvalue weighted by Crippen LogP contribution is -2.33. The van der Waals surface area contributed by atoms with Crippen molar-refractivity contribution in [3.8, 4) is 5.75 Å². The second-order valence-corrected chi connectivity index (χ2v) is 9.26. The number of carbonyl (C=O) groups excluding carboxylic acids is 2. The number of carbonyl (C=O) groups is 2. The molecular weight excluding hydrogens is 508 g/mol. The highest BCUT2D eigenvalue weighted by Crippen LogP contribution is 2.45. The fourth-order valence-electron chi connectivity index (χ4n) is 4.13. The summed E-state index contributed by atoms with van der Waals surface area (Å²) < 4.78 is 27.2. The zero-order chi connectivity index (χ0) is 28.9. The van der Waals surface area contributed by atoms with Gasteiger partial charge >= 0.3 is 12.3 Å². The number of benzene rings is 2. The van der Waals surface area contributed by atoms with Gasteiger partial charge in [0.2, 0.25) is 0 Å². The lowest BCUT2D eigenvalue weighted by atomic mass is 9.89. The Hall–Kier alpha value is -4.54. The van der Waals surface area contributed by atoms with E-state index in [0.717, 1.165) is 0 Å². The minimum Gasteiger partial charge on any atom is -0.497 e. The van der Waals surface area contributed by atoms with Gasteiger partial charge in [0.05, 0.1) is 35.6 Å². The van der Waals surface area contributed by atoms with Crippen LogP contribution in [0.2, 0.25) is 0 Å². The van der Waals surface area contributed by atoms with E-state index < -0.39 is 35.4 Å². The van der Waals surface area contributed by atoms with Crippen LogP contribution in [0.3, 0.4) is 0 Å². The van der Waals surface area contributed by atoms with Gasteiger partial charge in [-0.15, -0.1) is 0 Å². The first-order valence-electron chi connectivity index (χ1n) is 12.3. The molecule has 11 nitrogen and oxygen atoms in total. The van der Waals surface area contributed by atoms with Gasteiger partial charge in [-0.1, -0.05) is 12.1 Å². The van der Waals surface area contributed by atoms with Crippen LogP contribution < -0.4 is 9.64 Å². The minimum atomic E-state index is -1.01. The first-order valence-corrected chi connectivity index (χ1v) is 12.3. The van der Waals surface area contributed by atoms with Gasteiger partial charge in [0.25, 0.3) is 5.69 Å². The first kappa shape index (κ1) is 29.0. The molecule has 1 aliphatic rings. The summed E-state index contributed by atoms with van der Waals surface area (Å²) in [6.07, 6.45) is -2.89. The maximum atomic E-state index is 12.7. The molecule has 3 rings (SSSR count). The molecule has 39 heavy (non-hydrogen) atoms. The molecule has 0 aliphatic carbocycles. The zero-order valence-corrected chi connectivity index (χ0v) is 22.9. The maximum absolute atomic E-state index is 12.7. The molecule has 0 fully saturated rings. The van der Waals surface area contributed by atoms with Crippen molar-refractivity contribution in [2.24, 2.45) is 0 Å². The van der Waals surface area contributed by atoms with Crippen molar-refractivity contribution in [3.63, 3.8) is 0 Å². The van der Waals surface area contributed by atoms with Crippen LogP contribution in [0.5, 0.6) is 5.75 Å². The molecule has 2 aromatic rings. The van der Waals surface area contributed by atoms with Crippen LogP contribution in [0.4, 0.5) is 21.0 Å². The molecule has 0 unspecified atom stereocenters. The Kier molecular flexibility index (Phi) is 9.18. The molecule has 11 heteroatoms. The van der Waals surface area contributed by atoms with Crippen LogP contribution in [0.25, 0.3) is 0 Å². The Bertz CT molecular complexity index is 1250. The van der Waals surface area contributed by atoms with Gasteiger partial charge in [-0.25, -0.2) is 9.59 Å². The van der Waals surface area contributed by atoms with Crippen molar-refractivity contribution in [1.82, 2.24) is 0 Å². The van der Waals surface area contributed by atoms with Crippen LogP contribution in [-0.4, -0.2) is 36.6 Å². The summed E-state index contributed by atoms with van der Waals surface area (Å²) in [5.74, 6) is -0.258. The van der Waals surface area contributed by atoms with E-state index >= 15 is 0 Å². The normalized spacial score (nSPS) is 14.0. The van der Waals surface area contributed by atoms with Crippen LogP contribution >= 0.6 is 0 Å². The maximum Gasteiger partial charge on any atom is 0.513 e. The van der Waals surface area contributed by atoms with Gasteiger partial charge in [-0.3, -0.25) is 10.1 Å². The molecular formula is C28H32N2O9. The van der Waals surface area contributed by atoms with E-state index in [0.29, 0.717) is 28.4 Å². The number of methoxy groups -OCH3 is 1. The predicted octanol–water partition coefficient (Wildman–Crippen LogP) is 6.79. The van der Waals surface area contributed by atoms with Gasteiger partial charge in [-0.05, 0) is 71.4 Å². The van der Waals surface area contributed by atoms with Crippen LogP contribution in [-0.2, 0) is 18.9 Å². The highest BCUT2D eigenvalue weighted by molar-refractivity contribution is 5.70.